The second kappa shape index (κ2) is 8.61. The normalized spacial score (nSPS) is 14.4. The molecule has 5 rings (SSSR count). The van der Waals surface area contributed by atoms with Gasteiger partial charge < -0.3 is 4.90 Å². The number of fused-ring (bicyclic) bond motifs is 1. The van der Waals surface area contributed by atoms with Gasteiger partial charge in [0.05, 0.1) is 23.5 Å². The molecule has 2 aromatic carbocycles. The Morgan fingerprint density at radius 3 is 2.44 bits per heavy atom. The average molecular weight is 422 g/mol. The molecule has 4 aromatic rings. The smallest absolute Gasteiger partial charge is 0.259 e. The highest BCUT2D eigenvalue weighted by molar-refractivity contribution is 6.00. The average Bonchev–Trinajstić information content (AvgIpc) is 3.29. The first-order valence-electron chi connectivity index (χ1n) is 10.6. The van der Waals surface area contributed by atoms with Crippen LogP contribution in [0.3, 0.4) is 0 Å². The highest BCUT2D eigenvalue weighted by atomic mass is 16.2. The minimum absolute atomic E-state index is 0.0317. The highest BCUT2D eigenvalue weighted by Crippen LogP contribution is 2.22. The third-order valence-electron chi connectivity index (χ3n) is 5.85. The van der Waals surface area contributed by atoms with E-state index in [4.69, 9.17) is 5.26 Å². The van der Waals surface area contributed by atoms with Crippen LogP contribution in [0.1, 0.15) is 21.5 Å². The monoisotopic (exact) mass is 422 g/mol. The largest absolute Gasteiger partial charge is 0.336 e. The van der Waals surface area contributed by atoms with E-state index >= 15 is 0 Å². The maximum atomic E-state index is 13.2. The van der Waals surface area contributed by atoms with E-state index in [1.54, 1.807) is 16.9 Å². The van der Waals surface area contributed by atoms with Crippen molar-refractivity contribution in [2.45, 2.75) is 6.54 Å². The molecule has 0 bridgehead atoms. The molecule has 0 saturated carbocycles. The van der Waals surface area contributed by atoms with Crippen LogP contribution in [-0.2, 0) is 6.54 Å². The lowest BCUT2D eigenvalue weighted by Gasteiger charge is -2.34. The first kappa shape index (κ1) is 19.9. The molecule has 1 amide bonds. The zero-order chi connectivity index (χ0) is 21.9. The Labute approximate surface area is 186 Å². The number of benzene rings is 2. The lowest BCUT2D eigenvalue weighted by Crippen LogP contribution is -2.48. The van der Waals surface area contributed by atoms with Crippen LogP contribution in [0.25, 0.3) is 16.9 Å². The number of carbonyl (C=O) groups excluding carboxylic acids is 1. The first-order chi connectivity index (χ1) is 15.7. The Morgan fingerprint density at radius 2 is 1.72 bits per heavy atom. The van der Waals surface area contributed by atoms with E-state index in [2.05, 4.69) is 21.1 Å². The molecular formula is C25H22N6O. The van der Waals surface area contributed by atoms with Crippen LogP contribution in [0.5, 0.6) is 0 Å². The van der Waals surface area contributed by atoms with Crippen molar-refractivity contribution in [1.29, 1.82) is 5.26 Å². The zero-order valence-electron chi connectivity index (χ0n) is 17.6. The molecule has 32 heavy (non-hydrogen) atoms. The molecule has 0 aliphatic carbocycles. The Morgan fingerprint density at radius 1 is 0.969 bits per heavy atom. The number of hydrogen-bond donors (Lipinski definition) is 0. The van der Waals surface area contributed by atoms with Crippen molar-refractivity contribution in [1.82, 2.24) is 24.4 Å². The molecule has 3 heterocycles. The van der Waals surface area contributed by atoms with E-state index in [1.807, 2.05) is 65.6 Å². The minimum atomic E-state index is -0.0317. The maximum Gasteiger partial charge on any atom is 0.259 e. The van der Waals surface area contributed by atoms with Crippen molar-refractivity contribution in [3.63, 3.8) is 0 Å². The summed E-state index contributed by atoms with van der Waals surface area (Å²) in [6.45, 7) is 3.73. The van der Waals surface area contributed by atoms with Gasteiger partial charge in [-0.05, 0) is 23.8 Å². The van der Waals surface area contributed by atoms with Gasteiger partial charge in [0.1, 0.15) is 5.56 Å². The molecular weight excluding hydrogens is 400 g/mol. The summed E-state index contributed by atoms with van der Waals surface area (Å²) in [5, 5.41) is 13.4. The number of nitrogens with zero attached hydrogens (tertiary/aromatic N) is 6. The quantitative estimate of drug-likeness (QED) is 0.505. The summed E-state index contributed by atoms with van der Waals surface area (Å²) < 4.78 is 1.74. The van der Waals surface area contributed by atoms with E-state index in [1.165, 1.54) is 5.56 Å². The maximum absolute atomic E-state index is 13.2. The zero-order valence-corrected chi connectivity index (χ0v) is 17.6. The van der Waals surface area contributed by atoms with E-state index in [0.29, 0.717) is 29.9 Å². The van der Waals surface area contributed by atoms with Gasteiger partial charge in [-0.1, -0.05) is 42.5 Å². The molecule has 1 aliphatic heterocycles. The third kappa shape index (κ3) is 3.84. The predicted molar refractivity (Wildman–Crippen MR) is 121 cm³/mol. The molecule has 1 saturated heterocycles. The molecule has 0 atom stereocenters. The first-order valence-corrected chi connectivity index (χ1v) is 10.6. The molecule has 0 radical (unpaired) electrons. The van der Waals surface area contributed by atoms with E-state index < -0.39 is 0 Å². The van der Waals surface area contributed by atoms with Crippen molar-refractivity contribution in [3.8, 4) is 17.3 Å². The second-order valence-electron chi connectivity index (χ2n) is 7.87. The molecule has 1 fully saturated rings. The molecule has 0 unspecified atom stereocenters. The van der Waals surface area contributed by atoms with Crippen molar-refractivity contribution in [2.24, 2.45) is 0 Å². The predicted octanol–water partition coefficient (Wildman–Crippen LogP) is 3.23. The van der Waals surface area contributed by atoms with Crippen LogP contribution in [0, 0.1) is 11.3 Å². The molecule has 1 aliphatic rings. The third-order valence-corrected chi connectivity index (χ3v) is 5.85. The minimum Gasteiger partial charge on any atom is -0.336 e. The summed E-state index contributed by atoms with van der Waals surface area (Å²) in [6.07, 6.45) is 3.35. The summed E-state index contributed by atoms with van der Waals surface area (Å²) in [6, 6.07) is 21.7. The SMILES string of the molecule is N#Cc1ccc(CN2CCN(C(=O)c3cnn4c(-c5ccccc5)ccnc34)CC2)cc1. The summed E-state index contributed by atoms with van der Waals surface area (Å²) in [5.74, 6) is -0.0317. The van der Waals surface area contributed by atoms with Gasteiger partial charge in [0, 0.05) is 44.5 Å². The molecule has 0 N–H and O–H groups in total. The van der Waals surface area contributed by atoms with Crippen LogP contribution in [-0.4, -0.2) is 56.5 Å². The van der Waals surface area contributed by atoms with Crippen molar-refractivity contribution in [3.05, 3.63) is 89.7 Å². The van der Waals surface area contributed by atoms with E-state index in [0.717, 1.165) is 30.9 Å². The van der Waals surface area contributed by atoms with Crippen LogP contribution in [0.2, 0.25) is 0 Å². The fourth-order valence-corrected chi connectivity index (χ4v) is 4.09. The van der Waals surface area contributed by atoms with Crippen LogP contribution < -0.4 is 0 Å². The van der Waals surface area contributed by atoms with E-state index in [9.17, 15) is 4.79 Å². The van der Waals surface area contributed by atoms with Crippen LogP contribution >= 0.6 is 0 Å². The Kier molecular flexibility index (Phi) is 5.36. The van der Waals surface area contributed by atoms with Gasteiger partial charge in [0.2, 0.25) is 0 Å². The van der Waals surface area contributed by atoms with Crippen LogP contribution in [0.15, 0.2) is 73.1 Å². The van der Waals surface area contributed by atoms with Crippen molar-refractivity contribution < 1.29 is 4.79 Å². The number of nitriles is 1. The van der Waals surface area contributed by atoms with Crippen molar-refractivity contribution >= 4 is 11.6 Å². The van der Waals surface area contributed by atoms with Crippen molar-refractivity contribution in [2.75, 3.05) is 26.2 Å². The number of carbonyl (C=O) groups is 1. The standard InChI is InChI=1S/C25H22N6O/c26-16-19-6-8-20(9-7-19)18-29-12-14-30(15-13-29)25(32)22-17-28-31-23(10-11-27-24(22)31)21-4-2-1-3-5-21/h1-11,17H,12-15,18H2. The Hall–Kier alpha value is -4.02. The second-order valence-corrected chi connectivity index (χ2v) is 7.87. The molecule has 158 valence electrons. The van der Waals surface area contributed by atoms with Gasteiger partial charge in [-0.15, -0.1) is 0 Å². The highest BCUT2D eigenvalue weighted by Gasteiger charge is 2.25. The molecule has 2 aromatic heterocycles. The number of hydrogen-bond acceptors (Lipinski definition) is 5. The molecule has 7 heteroatoms. The lowest BCUT2D eigenvalue weighted by atomic mass is 10.1. The summed E-state index contributed by atoms with van der Waals surface area (Å²) in [4.78, 5) is 21.9. The van der Waals surface area contributed by atoms with Gasteiger partial charge in [-0.2, -0.15) is 10.4 Å². The number of aromatic nitrogens is 3. The molecule has 0 spiro atoms. The summed E-state index contributed by atoms with van der Waals surface area (Å²) >= 11 is 0. The van der Waals surface area contributed by atoms with Gasteiger partial charge in [-0.25, -0.2) is 9.50 Å². The molecule has 7 nitrogen and oxygen atoms in total. The van der Waals surface area contributed by atoms with Crippen LogP contribution in [0.4, 0.5) is 0 Å². The fraction of sp³-hybridized carbons (Fsp3) is 0.200. The van der Waals surface area contributed by atoms with Gasteiger partial charge in [0.15, 0.2) is 5.65 Å². The summed E-state index contributed by atoms with van der Waals surface area (Å²) in [5.41, 5.74) is 4.88. The number of piperazine rings is 1. The van der Waals surface area contributed by atoms with Gasteiger partial charge in [0.25, 0.3) is 5.91 Å². The topological polar surface area (TPSA) is 77.5 Å². The van der Waals surface area contributed by atoms with E-state index in [-0.39, 0.29) is 5.91 Å². The van der Waals surface area contributed by atoms with Gasteiger partial charge in [-0.3, -0.25) is 9.69 Å². The van der Waals surface area contributed by atoms with Gasteiger partial charge >= 0.3 is 0 Å². The number of rotatable bonds is 4. The Bertz CT molecular complexity index is 1280. The Balaban J connectivity index is 1.29. The number of amides is 1. The fourth-order valence-electron chi connectivity index (χ4n) is 4.09. The lowest BCUT2D eigenvalue weighted by molar-refractivity contribution is 0.0630. The summed E-state index contributed by atoms with van der Waals surface area (Å²) in [7, 11) is 0.